The average molecular weight is 419 g/mol. The average Bonchev–Trinajstić information content (AvgIpc) is 2.57. The third kappa shape index (κ3) is 3.61. The molecule has 0 aliphatic heterocycles. The number of nitrogens with zero attached hydrogens (tertiary/aromatic N) is 3. The summed E-state index contributed by atoms with van der Waals surface area (Å²) < 4.78 is 81.4. The first-order valence-corrected chi connectivity index (χ1v) is 8.18. The van der Waals surface area contributed by atoms with E-state index in [-0.39, 0.29) is 23.0 Å². The summed E-state index contributed by atoms with van der Waals surface area (Å²) >= 11 is 0. The molecule has 5 nitrogen and oxygen atoms in total. The molecule has 0 aliphatic rings. The van der Waals surface area contributed by atoms with E-state index in [1.165, 1.54) is 31.1 Å². The number of hydrogen-bond acceptors (Lipinski definition) is 5. The van der Waals surface area contributed by atoms with Crippen LogP contribution in [0.15, 0.2) is 30.6 Å². The molecule has 3 aromatic rings. The van der Waals surface area contributed by atoms with Crippen molar-refractivity contribution in [2.75, 3.05) is 14.1 Å². The zero-order valence-corrected chi connectivity index (χ0v) is 15.1. The van der Waals surface area contributed by atoms with Crippen LogP contribution < -0.4 is 0 Å². The summed E-state index contributed by atoms with van der Waals surface area (Å²) in [6.07, 6.45) is -8.40. The van der Waals surface area contributed by atoms with Crippen molar-refractivity contribution in [2.45, 2.75) is 24.7 Å². The van der Waals surface area contributed by atoms with Crippen molar-refractivity contribution in [3.05, 3.63) is 47.3 Å². The number of benzene rings is 1. The molecule has 0 saturated carbocycles. The van der Waals surface area contributed by atoms with Crippen LogP contribution in [-0.4, -0.2) is 45.4 Å². The number of hydrogen-bond donors (Lipinski definition) is 2. The van der Waals surface area contributed by atoms with Crippen molar-refractivity contribution in [1.82, 2.24) is 14.9 Å². The number of pyridine rings is 2. The highest BCUT2D eigenvalue weighted by atomic mass is 19.4. The first kappa shape index (κ1) is 21.2. The molecule has 0 bridgehead atoms. The van der Waals surface area contributed by atoms with Crippen LogP contribution in [0.2, 0.25) is 0 Å². The molecule has 2 aromatic heterocycles. The van der Waals surface area contributed by atoms with Gasteiger partial charge >= 0.3 is 12.4 Å². The maximum Gasteiger partial charge on any atom is 0.447 e. The summed E-state index contributed by atoms with van der Waals surface area (Å²) in [6, 6.07) is 2.98. The van der Waals surface area contributed by atoms with Crippen LogP contribution in [0.1, 0.15) is 16.7 Å². The SMILES string of the molecule is CN(C)Cc1cnc2c(cc(C(O)(O)C(F)(F)F)c3ncccc32)c1C(F)(F)F. The van der Waals surface area contributed by atoms with Crippen molar-refractivity contribution in [1.29, 1.82) is 0 Å². The van der Waals surface area contributed by atoms with Gasteiger partial charge in [-0.3, -0.25) is 9.97 Å². The molecule has 3 rings (SSSR count). The molecular formula is C18H15F6N3O2. The first-order chi connectivity index (χ1) is 13.2. The fourth-order valence-electron chi connectivity index (χ4n) is 3.16. The van der Waals surface area contributed by atoms with Crippen LogP contribution in [0, 0.1) is 0 Å². The topological polar surface area (TPSA) is 69.5 Å². The minimum absolute atomic E-state index is 0.168. The number of aromatic nitrogens is 2. The van der Waals surface area contributed by atoms with Gasteiger partial charge in [0.15, 0.2) is 0 Å². The van der Waals surface area contributed by atoms with Gasteiger partial charge in [-0.25, -0.2) is 0 Å². The van der Waals surface area contributed by atoms with Gasteiger partial charge in [-0.2, -0.15) is 26.3 Å². The van der Waals surface area contributed by atoms with Gasteiger partial charge in [0.25, 0.3) is 5.79 Å². The highest BCUT2D eigenvalue weighted by molar-refractivity contribution is 6.07. The molecule has 0 amide bonds. The van der Waals surface area contributed by atoms with E-state index in [2.05, 4.69) is 9.97 Å². The smallest absolute Gasteiger partial charge is 0.355 e. The highest BCUT2D eigenvalue weighted by Crippen LogP contribution is 2.44. The van der Waals surface area contributed by atoms with Crippen LogP contribution in [0.25, 0.3) is 21.8 Å². The molecule has 0 radical (unpaired) electrons. The molecule has 2 heterocycles. The third-order valence-corrected chi connectivity index (χ3v) is 4.34. The predicted molar refractivity (Wildman–Crippen MR) is 91.6 cm³/mol. The number of halogens is 6. The van der Waals surface area contributed by atoms with Gasteiger partial charge in [0.2, 0.25) is 0 Å². The van der Waals surface area contributed by atoms with Crippen molar-refractivity contribution < 1.29 is 36.6 Å². The number of aliphatic hydroxyl groups is 2. The van der Waals surface area contributed by atoms with Crippen LogP contribution in [-0.2, 0) is 18.5 Å². The number of fused-ring (bicyclic) bond motifs is 3. The Labute approximate surface area is 160 Å². The summed E-state index contributed by atoms with van der Waals surface area (Å²) in [7, 11) is 3.05. The Hall–Kier alpha value is -2.50. The van der Waals surface area contributed by atoms with E-state index in [1.54, 1.807) is 0 Å². The van der Waals surface area contributed by atoms with Crippen molar-refractivity contribution >= 4 is 21.8 Å². The minimum atomic E-state index is -5.57. The minimum Gasteiger partial charge on any atom is -0.355 e. The molecule has 0 aliphatic carbocycles. The van der Waals surface area contributed by atoms with E-state index in [4.69, 9.17) is 0 Å². The van der Waals surface area contributed by atoms with Crippen LogP contribution in [0.4, 0.5) is 26.3 Å². The highest BCUT2D eigenvalue weighted by Gasteiger charge is 2.55. The van der Waals surface area contributed by atoms with Crippen molar-refractivity contribution in [3.8, 4) is 0 Å². The number of alkyl halides is 6. The fraction of sp³-hybridized carbons (Fsp3) is 0.333. The zero-order chi connectivity index (χ0) is 21.8. The quantitative estimate of drug-likeness (QED) is 0.386. The van der Waals surface area contributed by atoms with Gasteiger partial charge in [-0.15, -0.1) is 0 Å². The monoisotopic (exact) mass is 419 g/mol. The summed E-state index contributed by atoms with van der Waals surface area (Å²) in [4.78, 5) is 9.18. The normalized spacial score (nSPS) is 13.6. The second kappa shape index (κ2) is 6.78. The van der Waals surface area contributed by atoms with E-state index >= 15 is 0 Å². The Kier molecular flexibility index (Phi) is 4.96. The van der Waals surface area contributed by atoms with Gasteiger partial charge in [0, 0.05) is 35.3 Å². The van der Waals surface area contributed by atoms with Crippen molar-refractivity contribution in [3.63, 3.8) is 0 Å². The largest absolute Gasteiger partial charge is 0.447 e. The lowest BCUT2D eigenvalue weighted by atomic mass is 9.94. The molecular weight excluding hydrogens is 404 g/mol. The standard InChI is InChI=1S/C18H15F6N3O2/c1-27(2)8-9-7-26-14-10-4-3-5-25-15(10)12(16(28,29)18(22,23)24)6-11(14)13(9)17(19,20)21/h3-7,28-29H,8H2,1-2H3. The molecule has 0 saturated heterocycles. The van der Waals surface area contributed by atoms with E-state index in [0.29, 0.717) is 6.07 Å². The number of rotatable bonds is 3. The molecule has 2 N–H and O–H groups in total. The van der Waals surface area contributed by atoms with Crippen LogP contribution >= 0.6 is 0 Å². The van der Waals surface area contributed by atoms with Crippen LogP contribution in [0.5, 0.6) is 0 Å². The van der Waals surface area contributed by atoms with Crippen LogP contribution in [0.3, 0.4) is 0 Å². The Morgan fingerprint density at radius 3 is 2.17 bits per heavy atom. The Morgan fingerprint density at radius 2 is 1.62 bits per heavy atom. The summed E-state index contributed by atoms with van der Waals surface area (Å²) in [6.45, 7) is -0.180. The van der Waals surface area contributed by atoms with E-state index in [0.717, 1.165) is 12.4 Å². The maximum atomic E-state index is 13.9. The van der Waals surface area contributed by atoms with Crippen molar-refractivity contribution in [2.24, 2.45) is 0 Å². The summed E-state index contributed by atoms with van der Waals surface area (Å²) in [5.41, 5.74) is -3.42. The van der Waals surface area contributed by atoms with Gasteiger partial charge in [0.1, 0.15) is 0 Å². The molecule has 29 heavy (non-hydrogen) atoms. The summed E-state index contributed by atoms with van der Waals surface area (Å²) in [5, 5.41) is 18.7. The summed E-state index contributed by atoms with van der Waals surface area (Å²) in [5.74, 6) is -4.41. The first-order valence-electron chi connectivity index (χ1n) is 8.18. The second-order valence-electron chi connectivity index (χ2n) is 6.78. The zero-order valence-electron chi connectivity index (χ0n) is 15.1. The molecule has 0 fully saturated rings. The maximum absolute atomic E-state index is 13.9. The molecule has 1 aromatic carbocycles. The lowest BCUT2D eigenvalue weighted by Gasteiger charge is -2.27. The lowest BCUT2D eigenvalue weighted by molar-refractivity contribution is -0.357. The molecule has 11 heteroatoms. The van der Waals surface area contributed by atoms with Gasteiger partial charge in [-0.05, 0) is 37.9 Å². The molecule has 0 unspecified atom stereocenters. The fourth-order valence-corrected chi connectivity index (χ4v) is 3.16. The molecule has 0 spiro atoms. The Bertz CT molecular complexity index is 1080. The molecule has 156 valence electrons. The second-order valence-corrected chi connectivity index (χ2v) is 6.78. The lowest BCUT2D eigenvalue weighted by Crippen LogP contribution is -2.42. The third-order valence-electron chi connectivity index (χ3n) is 4.34. The van der Waals surface area contributed by atoms with Gasteiger partial charge in [-0.1, -0.05) is 0 Å². The van der Waals surface area contributed by atoms with Gasteiger partial charge < -0.3 is 15.1 Å². The van der Waals surface area contributed by atoms with Gasteiger partial charge in [0.05, 0.1) is 16.6 Å². The molecule has 0 atom stereocenters. The van der Waals surface area contributed by atoms with E-state index < -0.39 is 40.2 Å². The van der Waals surface area contributed by atoms with E-state index in [1.807, 2.05) is 0 Å². The van der Waals surface area contributed by atoms with E-state index in [9.17, 15) is 36.6 Å². The predicted octanol–water partition coefficient (Wildman–Crippen LogP) is 3.56. The Morgan fingerprint density at radius 1 is 0.966 bits per heavy atom. The Balaban J connectivity index is 2.53.